The predicted octanol–water partition coefficient (Wildman–Crippen LogP) is 2.39. The Hall–Kier alpha value is -1.07. The lowest BCUT2D eigenvalue weighted by molar-refractivity contribution is 0.456. The van der Waals surface area contributed by atoms with Crippen molar-refractivity contribution < 1.29 is 8.42 Å². The van der Waals surface area contributed by atoms with Crippen LogP contribution in [0, 0.1) is 23.7 Å². The van der Waals surface area contributed by atoms with Crippen molar-refractivity contribution >= 4 is 15.7 Å². The Kier molecular flexibility index (Phi) is 2.89. The largest absolute Gasteiger partial charge is 0.382 e. The van der Waals surface area contributed by atoms with E-state index in [2.05, 4.69) is 5.32 Å². The standard InChI is InChI=1S/C16H22N2O2S/c1-18(2)21(19,20)13-7-5-12(6-8-13)17-16-14-10-3-4-11(9-10)15(14)16/h5-8,10-11,14-17H,3-4,9H2,1-2H3. The van der Waals surface area contributed by atoms with Gasteiger partial charge in [-0.05, 0) is 67.2 Å². The highest BCUT2D eigenvalue weighted by atomic mass is 32.2. The maximum Gasteiger partial charge on any atom is 0.242 e. The van der Waals surface area contributed by atoms with Crippen molar-refractivity contribution in [1.29, 1.82) is 0 Å². The minimum absolute atomic E-state index is 0.356. The summed E-state index contributed by atoms with van der Waals surface area (Å²) in [5.74, 6) is 3.67. The van der Waals surface area contributed by atoms with Crippen LogP contribution in [0.25, 0.3) is 0 Å². The highest BCUT2D eigenvalue weighted by molar-refractivity contribution is 7.89. The van der Waals surface area contributed by atoms with Gasteiger partial charge >= 0.3 is 0 Å². The van der Waals surface area contributed by atoms with Crippen LogP contribution in [0.3, 0.4) is 0 Å². The van der Waals surface area contributed by atoms with Gasteiger partial charge in [0, 0.05) is 25.8 Å². The number of hydrogen-bond acceptors (Lipinski definition) is 3. The van der Waals surface area contributed by atoms with E-state index in [-0.39, 0.29) is 0 Å². The van der Waals surface area contributed by atoms with E-state index in [0.717, 1.165) is 29.4 Å². The molecule has 1 N–H and O–H groups in total. The third kappa shape index (κ3) is 2.01. The van der Waals surface area contributed by atoms with Gasteiger partial charge in [0.15, 0.2) is 0 Å². The van der Waals surface area contributed by atoms with E-state index >= 15 is 0 Å². The highest BCUT2D eigenvalue weighted by Gasteiger charge is 2.64. The number of benzene rings is 1. The Morgan fingerprint density at radius 2 is 1.62 bits per heavy atom. The molecule has 5 heteroatoms. The first-order valence-corrected chi connectivity index (χ1v) is 9.21. The van der Waals surface area contributed by atoms with Gasteiger partial charge in [-0.25, -0.2) is 12.7 Å². The molecule has 4 rings (SSSR count). The van der Waals surface area contributed by atoms with Gasteiger partial charge in [0.2, 0.25) is 10.0 Å². The molecule has 3 aliphatic carbocycles. The second-order valence-electron chi connectivity index (χ2n) is 6.97. The highest BCUT2D eigenvalue weighted by Crippen LogP contribution is 2.66. The number of fused-ring (bicyclic) bond motifs is 5. The number of sulfonamides is 1. The summed E-state index contributed by atoms with van der Waals surface area (Å²) >= 11 is 0. The van der Waals surface area contributed by atoms with Crippen LogP contribution in [0.2, 0.25) is 0 Å². The Morgan fingerprint density at radius 3 is 2.14 bits per heavy atom. The molecule has 3 fully saturated rings. The first-order valence-electron chi connectivity index (χ1n) is 7.77. The molecule has 4 unspecified atom stereocenters. The number of anilines is 1. The van der Waals surface area contributed by atoms with Crippen molar-refractivity contribution in [1.82, 2.24) is 4.31 Å². The summed E-state index contributed by atoms with van der Waals surface area (Å²) in [7, 11) is -0.207. The number of nitrogens with zero attached hydrogens (tertiary/aromatic N) is 1. The van der Waals surface area contributed by atoms with Crippen LogP contribution in [-0.2, 0) is 10.0 Å². The summed E-state index contributed by atoms with van der Waals surface area (Å²) in [6.07, 6.45) is 4.29. The molecule has 3 saturated carbocycles. The average Bonchev–Trinajstić information content (AvgIpc) is 2.84. The smallest absolute Gasteiger partial charge is 0.242 e. The first kappa shape index (κ1) is 13.6. The van der Waals surface area contributed by atoms with Crippen molar-refractivity contribution in [3.63, 3.8) is 0 Å². The third-order valence-corrected chi connectivity index (χ3v) is 7.53. The summed E-state index contributed by atoms with van der Waals surface area (Å²) in [6, 6.07) is 7.82. The second-order valence-corrected chi connectivity index (χ2v) is 9.12. The molecule has 3 aliphatic rings. The van der Waals surface area contributed by atoms with Crippen molar-refractivity contribution in [2.24, 2.45) is 23.7 Å². The fourth-order valence-corrected chi connectivity index (χ4v) is 5.55. The molecule has 2 bridgehead atoms. The average molecular weight is 306 g/mol. The van der Waals surface area contributed by atoms with E-state index in [9.17, 15) is 8.42 Å². The van der Waals surface area contributed by atoms with Gasteiger partial charge in [-0.2, -0.15) is 0 Å². The minimum Gasteiger partial charge on any atom is -0.382 e. The van der Waals surface area contributed by atoms with E-state index in [4.69, 9.17) is 0 Å². The number of rotatable bonds is 4. The van der Waals surface area contributed by atoms with Crippen LogP contribution >= 0.6 is 0 Å². The molecule has 0 saturated heterocycles. The van der Waals surface area contributed by atoms with Crippen LogP contribution in [-0.4, -0.2) is 32.9 Å². The molecule has 0 aromatic heterocycles. The van der Waals surface area contributed by atoms with Crippen molar-refractivity contribution in [2.45, 2.75) is 30.2 Å². The SMILES string of the molecule is CN(C)S(=O)(=O)c1ccc(NC2C3C4CCC(C4)C23)cc1. The van der Waals surface area contributed by atoms with E-state index in [0.29, 0.717) is 10.9 Å². The normalized spacial score (nSPS) is 36.8. The fraction of sp³-hybridized carbons (Fsp3) is 0.625. The first-order chi connectivity index (χ1) is 9.98. The van der Waals surface area contributed by atoms with Crippen LogP contribution in [0.15, 0.2) is 29.2 Å². The van der Waals surface area contributed by atoms with Crippen LogP contribution in [0.4, 0.5) is 5.69 Å². The molecule has 0 radical (unpaired) electrons. The van der Waals surface area contributed by atoms with Crippen molar-refractivity contribution in [3.05, 3.63) is 24.3 Å². The van der Waals surface area contributed by atoms with Gasteiger partial charge in [-0.3, -0.25) is 0 Å². The Balaban J connectivity index is 1.46. The Bertz CT molecular complexity index is 637. The lowest BCUT2D eigenvalue weighted by Crippen LogP contribution is -2.22. The van der Waals surface area contributed by atoms with E-state index in [1.807, 2.05) is 12.1 Å². The van der Waals surface area contributed by atoms with E-state index in [1.54, 1.807) is 26.2 Å². The zero-order valence-corrected chi connectivity index (χ0v) is 13.3. The fourth-order valence-electron chi connectivity index (χ4n) is 4.64. The Morgan fingerprint density at radius 1 is 1.05 bits per heavy atom. The molecular formula is C16H22N2O2S. The molecule has 0 spiro atoms. The molecule has 0 amide bonds. The van der Waals surface area contributed by atoms with Gasteiger partial charge in [-0.1, -0.05) is 0 Å². The molecule has 4 nitrogen and oxygen atoms in total. The molecule has 0 heterocycles. The summed E-state index contributed by atoms with van der Waals surface area (Å²) < 4.78 is 25.3. The monoisotopic (exact) mass is 306 g/mol. The summed E-state index contributed by atoms with van der Waals surface area (Å²) in [4.78, 5) is 0.356. The molecule has 114 valence electrons. The zero-order chi connectivity index (χ0) is 14.8. The van der Waals surface area contributed by atoms with E-state index < -0.39 is 10.0 Å². The predicted molar refractivity (Wildman–Crippen MR) is 82.5 cm³/mol. The van der Waals surface area contributed by atoms with Crippen molar-refractivity contribution in [3.8, 4) is 0 Å². The molecular weight excluding hydrogens is 284 g/mol. The summed E-state index contributed by atoms with van der Waals surface area (Å²) in [5.41, 5.74) is 1.05. The second kappa shape index (κ2) is 4.46. The molecule has 1 aromatic rings. The third-order valence-electron chi connectivity index (χ3n) is 5.70. The summed E-state index contributed by atoms with van der Waals surface area (Å²) in [6.45, 7) is 0. The van der Waals surface area contributed by atoms with Gasteiger partial charge in [0.1, 0.15) is 0 Å². The molecule has 4 atom stereocenters. The Labute approximate surface area is 126 Å². The van der Waals surface area contributed by atoms with Gasteiger partial charge < -0.3 is 5.32 Å². The molecule has 21 heavy (non-hydrogen) atoms. The maximum absolute atomic E-state index is 12.0. The van der Waals surface area contributed by atoms with Crippen LogP contribution in [0.1, 0.15) is 19.3 Å². The maximum atomic E-state index is 12.0. The van der Waals surface area contributed by atoms with Crippen LogP contribution in [0.5, 0.6) is 0 Å². The van der Waals surface area contributed by atoms with Gasteiger partial charge in [0.05, 0.1) is 4.90 Å². The van der Waals surface area contributed by atoms with Gasteiger partial charge in [0.25, 0.3) is 0 Å². The quantitative estimate of drug-likeness (QED) is 0.929. The molecule has 1 aromatic carbocycles. The number of hydrogen-bond donors (Lipinski definition) is 1. The number of nitrogens with one attached hydrogen (secondary N) is 1. The lowest BCUT2D eigenvalue weighted by Gasteiger charge is -2.14. The van der Waals surface area contributed by atoms with Crippen LogP contribution < -0.4 is 5.32 Å². The summed E-state index contributed by atoms with van der Waals surface area (Å²) in [5, 5.41) is 3.62. The van der Waals surface area contributed by atoms with Crippen molar-refractivity contribution in [2.75, 3.05) is 19.4 Å². The lowest BCUT2D eigenvalue weighted by atomic mass is 10.0. The van der Waals surface area contributed by atoms with Gasteiger partial charge in [-0.15, -0.1) is 0 Å². The zero-order valence-electron chi connectivity index (χ0n) is 12.5. The minimum atomic E-state index is -3.32. The van der Waals surface area contributed by atoms with E-state index in [1.165, 1.54) is 23.6 Å². The molecule has 0 aliphatic heterocycles. The topological polar surface area (TPSA) is 49.4 Å².